The zero-order valence-corrected chi connectivity index (χ0v) is 11.8. The van der Waals surface area contributed by atoms with Gasteiger partial charge in [0, 0.05) is 6.61 Å². The predicted molar refractivity (Wildman–Crippen MR) is 72.1 cm³/mol. The SMILES string of the molecule is Cc1cccc(CC(CCCOCC(F)(F)F)C(=O)O)c1. The lowest BCUT2D eigenvalue weighted by molar-refractivity contribution is -0.174. The summed E-state index contributed by atoms with van der Waals surface area (Å²) in [5.74, 6) is -1.55. The summed E-state index contributed by atoms with van der Waals surface area (Å²) in [6, 6.07) is 7.54. The van der Waals surface area contributed by atoms with E-state index in [0.717, 1.165) is 11.1 Å². The van der Waals surface area contributed by atoms with Crippen LogP contribution in [0, 0.1) is 12.8 Å². The van der Waals surface area contributed by atoms with Gasteiger partial charge in [0.05, 0.1) is 5.92 Å². The Balaban J connectivity index is 2.39. The van der Waals surface area contributed by atoms with E-state index in [-0.39, 0.29) is 6.61 Å². The first-order valence-corrected chi connectivity index (χ1v) is 6.71. The van der Waals surface area contributed by atoms with Crippen LogP contribution in [0.3, 0.4) is 0 Å². The molecule has 0 saturated heterocycles. The van der Waals surface area contributed by atoms with Crippen molar-refractivity contribution >= 4 is 5.97 Å². The molecule has 1 rings (SSSR count). The minimum atomic E-state index is -4.34. The van der Waals surface area contributed by atoms with Crippen LogP contribution in [-0.2, 0) is 16.0 Å². The lowest BCUT2D eigenvalue weighted by atomic mass is 9.94. The fourth-order valence-corrected chi connectivity index (χ4v) is 2.06. The fraction of sp³-hybridized carbons (Fsp3) is 0.533. The number of hydrogen-bond donors (Lipinski definition) is 1. The van der Waals surface area contributed by atoms with Crippen molar-refractivity contribution in [1.29, 1.82) is 0 Å². The first kappa shape index (κ1) is 17.5. The Morgan fingerprint density at radius 3 is 2.67 bits per heavy atom. The molecule has 118 valence electrons. The molecule has 0 aromatic heterocycles. The molecule has 0 heterocycles. The van der Waals surface area contributed by atoms with Gasteiger partial charge in [0.25, 0.3) is 0 Å². The van der Waals surface area contributed by atoms with E-state index in [9.17, 15) is 18.0 Å². The van der Waals surface area contributed by atoms with E-state index in [0.29, 0.717) is 19.3 Å². The van der Waals surface area contributed by atoms with Crippen molar-refractivity contribution in [2.45, 2.75) is 32.4 Å². The summed E-state index contributed by atoms with van der Waals surface area (Å²) < 4.78 is 40.1. The van der Waals surface area contributed by atoms with Gasteiger partial charge in [-0.1, -0.05) is 29.8 Å². The van der Waals surface area contributed by atoms with Crippen molar-refractivity contribution in [3.63, 3.8) is 0 Å². The van der Waals surface area contributed by atoms with E-state index < -0.39 is 24.7 Å². The van der Waals surface area contributed by atoms with Crippen LogP contribution < -0.4 is 0 Å². The highest BCUT2D eigenvalue weighted by atomic mass is 19.4. The van der Waals surface area contributed by atoms with Gasteiger partial charge in [0.15, 0.2) is 0 Å². The van der Waals surface area contributed by atoms with Gasteiger partial charge >= 0.3 is 12.1 Å². The molecule has 3 nitrogen and oxygen atoms in total. The molecule has 0 fully saturated rings. The molecule has 6 heteroatoms. The van der Waals surface area contributed by atoms with Crippen LogP contribution in [0.15, 0.2) is 24.3 Å². The number of hydrogen-bond acceptors (Lipinski definition) is 2. The number of aryl methyl sites for hydroxylation is 1. The Labute approximate surface area is 121 Å². The average molecular weight is 304 g/mol. The summed E-state index contributed by atoms with van der Waals surface area (Å²) in [5, 5.41) is 9.17. The maximum Gasteiger partial charge on any atom is 0.411 e. The molecule has 1 atom stereocenters. The second-order valence-corrected chi connectivity index (χ2v) is 5.04. The Kier molecular flexibility index (Phi) is 6.68. The third kappa shape index (κ3) is 7.70. The Morgan fingerprint density at radius 2 is 2.10 bits per heavy atom. The minimum absolute atomic E-state index is 0.0862. The molecule has 0 aliphatic heterocycles. The van der Waals surface area contributed by atoms with Gasteiger partial charge in [-0.2, -0.15) is 13.2 Å². The maximum absolute atomic E-state index is 11.9. The Morgan fingerprint density at radius 1 is 1.38 bits per heavy atom. The quantitative estimate of drug-likeness (QED) is 0.746. The van der Waals surface area contributed by atoms with E-state index in [1.807, 2.05) is 31.2 Å². The van der Waals surface area contributed by atoms with E-state index in [2.05, 4.69) is 4.74 Å². The molecule has 0 saturated carbocycles. The standard InChI is InChI=1S/C15H19F3O3/c1-11-4-2-5-12(8-11)9-13(14(19)20)6-3-7-21-10-15(16,17)18/h2,4-5,8,13H,3,6-7,9-10H2,1H3,(H,19,20). The number of ether oxygens (including phenoxy) is 1. The number of rotatable bonds is 8. The van der Waals surface area contributed by atoms with Crippen LogP contribution in [0.2, 0.25) is 0 Å². The van der Waals surface area contributed by atoms with Gasteiger partial charge in [-0.15, -0.1) is 0 Å². The highest BCUT2D eigenvalue weighted by Crippen LogP contribution is 2.17. The Hall–Kier alpha value is -1.56. The summed E-state index contributed by atoms with van der Waals surface area (Å²) in [6.45, 7) is 0.546. The molecule has 21 heavy (non-hydrogen) atoms. The molecule has 0 aliphatic carbocycles. The van der Waals surface area contributed by atoms with Crippen molar-refractivity contribution in [2.24, 2.45) is 5.92 Å². The smallest absolute Gasteiger partial charge is 0.411 e. The molecule has 1 unspecified atom stereocenters. The van der Waals surface area contributed by atoms with Crippen LogP contribution in [0.1, 0.15) is 24.0 Å². The number of carboxylic acids is 1. The van der Waals surface area contributed by atoms with E-state index in [4.69, 9.17) is 5.11 Å². The summed E-state index contributed by atoms with van der Waals surface area (Å²) in [4.78, 5) is 11.2. The third-order valence-electron chi connectivity index (χ3n) is 3.02. The van der Waals surface area contributed by atoms with Crippen molar-refractivity contribution < 1.29 is 27.8 Å². The molecule has 0 amide bonds. The molecular weight excluding hydrogens is 285 g/mol. The fourth-order valence-electron chi connectivity index (χ4n) is 2.06. The first-order chi connectivity index (χ1) is 9.78. The molecule has 0 bridgehead atoms. The highest BCUT2D eigenvalue weighted by molar-refractivity contribution is 5.70. The van der Waals surface area contributed by atoms with Crippen LogP contribution in [0.25, 0.3) is 0 Å². The molecule has 1 aromatic carbocycles. The minimum Gasteiger partial charge on any atom is -0.481 e. The topological polar surface area (TPSA) is 46.5 Å². The van der Waals surface area contributed by atoms with Gasteiger partial charge in [-0.05, 0) is 31.7 Å². The summed E-state index contributed by atoms with van der Waals surface area (Å²) in [7, 11) is 0. The zero-order valence-electron chi connectivity index (χ0n) is 11.8. The molecule has 1 N–H and O–H groups in total. The van der Waals surface area contributed by atoms with Crippen molar-refractivity contribution in [3.05, 3.63) is 35.4 Å². The van der Waals surface area contributed by atoms with Gasteiger partial charge in [-0.3, -0.25) is 4.79 Å². The van der Waals surface area contributed by atoms with E-state index in [1.54, 1.807) is 0 Å². The number of alkyl halides is 3. The van der Waals surface area contributed by atoms with Crippen LogP contribution in [-0.4, -0.2) is 30.5 Å². The van der Waals surface area contributed by atoms with Gasteiger partial charge in [0.1, 0.15) is 6.61 Å². The number of benzene rings is 1. The second-order valence-electron chi connectivity index (χ2n) is 5.04. The summed E-state index contributed by atoms with van der Waals surface area (Å²) >= 11 is 0. The summed E-state index contributed by atoms with van der Waals surface area (Å²) in [5.41, 5.74) is 1.96. The first-order valence-electron chi connectivity index (χ1n) is 6.71. The third-order valence-corrected chi connectivity index (χ3v) is 3.02. The molecule has 0 spiro atoms. The number of carbonyl (C=O) groups is 1. The van der Waals surface area contributed by atoms with Gasteiger partial charge in [0.2, 0.25) is 0 Å². The monoisotopic (exact) mass is 304 g/mol. The van der Waals surface area contributed by atoms with Crippen molar-refractivity contribution in [2.75, 3.05) is 13.2 Å². The van der Waals surface area contributed by atoms with Crippen molar-refractivity contribution in [3.8, 4) is 0 Å². The molecule has 0 aliphatic rings. The Bertz CT molecular complexity index is 458. The normalized spacial score (nSPS) is 13.1. The van der Waals surface area contributed by atoms with Crippen molar-refractivity contribution in [1.82, 2.24) is 0 Å². The molecule has 0 radical (unpaired) electrons. The number of halogens is 3. The second kappa shape index (κ2) is 8.02. The van der Waals surface area contributed by atoms with Gasteiger partial charge < -0.3 is 9.84 Å². The van der Waals surface area contributed by atoms with E-state index >= 15 is 0 Å². The lowest BCUT2D eigenvalue weighted by Crippen LogP contribution is -2.19. The number of aliphatic carboxylic acids is 1. The number of carboxylic acid groups (broad SMARTS) is 1. The van der Waals surface area contributed by atoms with Gasteiger partial charge in [-0.25, -0.2) is 0 Å². The largest absolute Gasteiger partial charge is 0.481 e. The van der Waals surface area contributed by atoms with Crippen LogP contribution >= 0.6 is 0 Å². The lowest BCUT2D eigenvalue weighted by Gasteiger charge is -2.13. The average Bonchev–Trinajstić information content (AvgIpc) is 2.35. The highest BCUT2D eigenvalue weighted by Gasteiger charge is 2.27. The predicted octanol–water partition coefficient (Wildman–Crippen LogP) is 3.60. The summed E-state index contributed by atoms with van der Waals surface area (Å²) in [6.07, 6.45) is -3.38. The molecular formula is C15H19F3O3. The van der Waals surface area contributed by atoms with Crippen LogP contribution in [0.5, 0.6) is 0 Å². The zero-order chi connectivity index (χ0) is 15.9. The maximum atomic E-state index is 11.9. The molecule has 1 aromatic rings. The van der Waals surface area contributed by atoms with Crippen LogP contribution in [0.4, 0.5) is 13.2 Å². The van der Waals surface area contributed by atoms with E-state index in [1.165, 1.54) is 0 Å².